The molecule has 4 rings (SSSR count). The quantitative estimate of drug-likeness (QED) is 0.842. The molecule has 0 radical (unpaired) electrons. The van der Waals surface area contributed by atoms with E-state index in [2.05, 4.69) is 10.2 Å². The normalized spacial score (nSPS) is 22.6. The zero-order chi connectivity index (χ0) is 18.8. The van der Waals surface area contributed by atoms with Crippen LogP contribution in [-0.4, -0.2) is 59.9 Å². The van der Waals surface area contributed by atoms with Crippen LogP contribution in [0.5, 0.6) is 0 Å². The summed E-state index contributed by atoms with van der Waals surface area (Å²) >= 11 is 6.19. The molecule has 6 heteroatoms. The lowest BCUT2D eigenvalue weighted by atomic mass is 9.95. The summed E-state index contributed by atoms with van der Waals surface area (Å²) < 4.78 is 0. The monoisotopic (exact) mass is 389 g/mol. The van der Waals surface area contributed by atoms with Crippen molar-refractivity contribution in [2.75, 3.05) is 26.2 Å². The number of hydrogen-bond acceptors (Lipinski definition) is 3. The van der Waals surface area contributed by atoms with E-state index in [1.165, 1.54) is 12.8 Å². The number of nitrogens with zero attached hydrogens (tertiary/aromatic N) is 2. The zero-order valence-corrected chi connectivity index (χ0v) is 16.5. The second-order valence-electron chi connectivity index (χ2n) is 8.08. The van der Waals surface area contributed by atoms with Crippen LogP contribution in [0.1, 0.15) is 48.9 Å². The van der Waals surface area contributed by atoms with E-state index in [4.69, 9.17) is 11.6 Å². The third-order valence-corrected chi connectivity index (χ3v) is 6.47. The van der Waals surface area contributed by atoms with Crippen molar-refractivity contribution in [3.63, 3.8) is 0 Å². The van der Waals surface area contributed by atoms with Gasteiger partial charge in [0.05, 0.1) is 16.6 Å². The average molecular weight is 390 g/mol. The van der Waals surface area contributed by atoms with Gasteiger partial charge in [0.15, 0.2) is 0 Å². The topological polar surface area (TPSA) is 52.7 Å². The smallest absolute Gasteiger partial charge is 0.255 e. The number of benzene rings is 1. The highest BCUT2D eigenvalue weighted by Crippen LogP contribution is 2.32. The molecule has 0 bridgehead atoms. The molecular formula is C21H28ClN3O2. The molecule has 1 N–H and O–H groups in total. The van der Waals surface area contributed by atoms with Crippen LogP contribution in [0.15, 0.2) is 24.3 Å². The maximum absolute atomic E-state index is 12.9. The molecule has 0 aromatic heterocycles. The predicted octanol–water partition coefficient (Wildman–Crippen LogP) is 2.94. The van der Waals surface area contributed by atoms with Gasteiger partial charge in [0, 0.05) is 32.2 Å². The molecule has 0 spiro atoms. The van der Waals surface area contributed by atoms with E-state index in [0.29, 0.717) is 35.6 Å². The SMILES string of the molecule is O=C(NC1CC1)C(C1CCCC1)N1CCN(C(=O)c2ccccc2Cl)CC1. The summed E-state index contributed by atoms with van der Waals surface area (Å²) in [4.78, 5) is 29.9. The fourth-order valence-electron chi connectivity index (χ4n) is 4.47. The minimum Gasteiger partial charge on any atom is -0.352 e. The van der Waals surface area contributed by atoms with E-state index in [9.17, 15) is 9.59 Å². The predicted molar refractivity (Wildman–Crippen MR) is 106 cm³/mol. The van der Waals surface area contributed by atoms with Crippen molar-refractivity contribution < 1.29 is 9.59 Å². The standard InChI is InChI=1S/C21H28ClN3O2/c22-18-8-4-3-7-17(18)21(27)25-13-11-24(12-14-25)19(15-5-1-2-6-15)20(26)23-16-9-10-16/h3-4,7-8,15-16,19H,1-2,5-6,9-14H2,(H,23,26). The van der Waals surface area contributed by atoms with Gasteiger partial charge < -0.3 is 10.2 Å². The van der Waals surface area contributed by atoms with Crippen molar-refractivity contribution in [1.82, 2.24) is 15.1 Å². The summed E-state index contributed by atoms with van der Waals surface area (Å²) in [5.41, 5.74) is 0.562. The fourth-order valence-corrected chi connectivity index (χ4v) is 4.69. The van der Waals surface area contributed by atoms with Gasteiger partial charge in [0.25, 0.3) is 5.91 Å². The van der Waals surface area contributed by atoms with Crippen molar-refractivity contribution >= 4 is 23.4 Å². The summed E-state index contributed by atoms with van der Waals surface area (Å²) in [7, 11) is 0. The van der Waals surface area contributed by atoms with Crippen LogP contribution in [0.2, 0.25) is 5.02 Å². The van der Waals surface area contributed by atoms with E-state index >= 15 is 0 Å². The van der Waals surface area contributed by atoms with E-state index in [1.54, 1.807) is 12.1 Å². The largest absolute Gasteiger partial charge is 0.352 e. The number of nitrogens with one attached hydrogen (secondary N) is 1. The summed E-state index contributed by atoms with van der Waals surface area (Å²) in [6.07, 6.45) is 6.96. The second kappa shape index (κ2) is 8.19. The van der Waals surface area contributed by atoms with E-state index < -0.39 is 0 Å². The minimum absolute atomic E-state index is 0.0138. The Kier molecular flexibility index (Phi) is 5.69. The third-order valence-electron chi connectivity index (χ3n) is 6.14. The number of piperazine rings is 1. The Morgan fingerprint density at radius 2 is 1.67 bits per heavy atom. The number of halogens is 1. The van der Waals surface area contributed by atoms with Gasteiger partial charge >= 0.3 is 0 Å². The molecule has 1 saturated heterocycles. The Morgan fingerprint density at radius 3 is 2.30 bits per heavy atom. The van der Waals surface area contributed by atoms with Crippen molar-refractivity contribution in [2.24, 2.45) is 5.92 Å². The number of amides is 2. The summed E-state index contributed by atoms with van der Waals surface area (Å²) in [5.74, 6) is 0.643. The van der Waals surface area contributed by atoms with Crippen LogP contribution >= 0.6 is 11.6 Å². The Labute approximate surface area is 166 Å². The van der Waals surface area contributed by atoms with E-state index in [0.717, 1.165) is 38.8 Å². The molecule has 1 unspecified atom stereocenters. The molecule has 146 valence electrons. The molecule has 2 aliphatic carbocycles. The van der Waals surface area contributed by atoms with Gasteiger partial charge in [0.2, 0.25) is 5.91 Å². The molecule has 2 saturated carbocycles. The van der Waals surface area contributed by atoms with Gasteiger partial charge in [-0.25, -0.2) is 0 Å². The van der Waals surface area contributed by atoms with Crippen molar-refractivity contribution in [3.8, 4) is 0 Å². The van der Waals surface area contributed by atoms with Gasteiger partial charge in [-0.1, -0.05) is 36.6 Å². The maximum atomic E-state index is 12.9. The third kappa shape index (κ3) is 4.30. The molecule has 1 atom stereocenters. The molecule has 1 heterocycles. The molecular weight excluding hydrogens is 362 g/mol. The molecule has 1 aliphatic heterocycles. The van der Waals surface area contributed by atoms with Gasteiger partial charge in [-0.15, -0.1) is 0 Å². The lowest BCUT2D eigenvalue weighted by Crippen LogP contribution is -2.58. The summed E-state index contributed by atoms with van der Waals surface area (Å²) in [5, 5.41) is 3.71. The highest BCUT2D eigenvalue weighted by atomic mass is 35.5. The van der Waals surface area contributed by atoms with Crippen LogP contribution in [0.3, 0.4) is 0 Å². The number of hydrogen-bond donors (Lipinski definition) is 1. The average Bonchev–Trinajstić information content (AvgIpc) is 3.33. The summed E-state index contributed by atoms with van der Waals surface area (Å²) in [6, 6.07) is 7.57. The van der Waals surface area contributed by atoms with Crippen molar-refractivity contribution in [3.05, 3.63) is 34.9 Å². The Bertz CT molecular complexity index is 692. The fraction of sp³-hybridized carbons (Fsp3) is 0.619. The molecule has 3 aliphatic rings. The van der Waals surface area contributed by atoms with E-state index in [1.807, 2.05) is 17.0 Å². The number of rotatable bonds is 5. The second-order valence-corrected chi connectivity index (χ2v) is 8.49. The molecule has 5 nitrogen and oxygen atoms in total. The molecule has 2 amide bonds. The Morgan fingerprint density at radius 1 is 1.00 bits per heavy atom. The van der Waals surface area contributed by atoms with Gasteiger partial charge in [-0.2, -0.15) is 0 Å². The lowest BCUT2D eigenvalue weighted by molar-refractivity contribution is -0.129. The molecule has 27 heavy (non-hydrogen) atoms. The van der Waals surface area contributed by atoms with E-state index in [-0.39, 0.29) is 17.9 Å². The number of carbonyl (C=O) groups excluding carboxylic acids is 2. The first kappa shape index (κ1) is 18.8. The van der Waals surface area contributed by atoms with Crippen molar-refractivity contribution in [2.45, 2.75) is 50.6 Å². The maximum Gasteiger partial charge on any atom is 0.255 e. The molecule has 1 aromatic carbocycles. The Balaban J connectivity index is 1.40. The highest BCUT2D eigenvalue weighted by molar-refractivity contribution is 6.33. The van der Waals surface area contributed by atoms with Gasteiger partial charge in [-0.05, 0) is 43.7 Å². The number of carbonyl (C=O) groups is 2. The van der Waals surface area contributed by atoms with Crippen LogP contribution in [0, 0.1) is 5.92 Å². The van der Waals surface area contributed by atoms with Gasteiger partial charge in [-0.3, -0.25) is 14.5 Å². The van der Waals surface area contributed by atoms with Gasteiger partial charge in [0.1, 0.15) is 0 Å². The summed E-state index contributed by atoms with van der Waals surface area (Å²) in [6.45, 7) is 2.78. The first-order chi connectivity index (χ1) is 13.1. The Hall–Kier alpha value is -1.59. The van der Waals surface area contributed by atoms with Crippen LogP contribution in [-0.2, 0) is 4.79 Å². The highest BCUT2D eigenvalue weighted by Gasteiger charge is 2.39. The molecule has 1 aromatic rings. The van der Waals surface area contributed by atoms with Crippen molar-refractivity contribution in [1.29, 1.82) is 0 Å². The van der Waals surface area contributed by atoms with Crippen LogP contribution in [0.25, 0.3) is 0 Å². The lowest BCUT2D eigenvalue weighted by Gasteiger charge is -2.40. The molecule has 3 fully saturated rings. The first-order valence-corrected chi connectivity index (χ1v) is 10.6. The first-order valence-electron chi connectivity index (χ1n) is 10.2. The zero-order valence-electron chi connectivity index (χ0n) is 15.7. The minimum atomic E-state index is -0.0364. The van der Waals surface area contributed by atoms with Crippen LogP contribution < -0.4 is 5.32 Å². The van der Waals surface area contributed by atoms with Crippen LogP contribution in [0.4, 0.5) is 0 Å².